The quantitative estimate of drug-likeness (QED) is 0.0984. The van der Waals surface area contributed by atoms with Crippen LogP contribution >= 0.6 is 0 Å². The minimum atomic E-state index is -0.320. The standard InChI is InChI=1S/2C20H20O3.Li.2H2O/c2*1-2-23-20(21)16-22-15-14-19-12-10-18(11-13-19)9-8-17-6-4-3-5-7-17;;;/h2*3-7,10-13H,2,14-16H2,1H3;;2*1H2/q;;+1;;/p-2. The van der Waals surface area contributed by atoms with E-state index in [2.05, 4.69) is 23.7 Å². The Hall–Kier alpha value is -4.62. The van der Waals surface area contributed by atoms with E-state index in [0.717, 1.165) is 46.2 Å². The van der Waals surface area contributed by atoms with E-state index >= 15 is 0 Å². The summed E-state index contributed by atoms with van der Waals surface area (Å²) < 4.78 is 20.2. The molecule has 0 amide bonds. The molecule has 0 radical (unpaired) electrons. The molecule has 2 N–H and O–H groups in total. The zero-order valence-corrected chi connectivity index (χ0v) is 28.4. The summed E-state index contributed by atoms with van der Waals surface area (Å²) in [6.07, 6.45) is 1.51. The fourth-order valence-corrected chi connectivity index (χ4v) is 3.94. The summed E-state index contributed by atoms with van der Waals surface area (Å²) in [6.45, 7) is 5.33. The van der Waals surface area contributed by atoms with Gasteiger partial charge in [0, 0.05) is 22.3 Å². The first kappa shape index (κ1) is 44.4. The van der Waals surface area contributed by atoms with Crippen molar-refractivity contribution >= 4 is 11.9 Å². The molecule has 4 rings (SSSR count). The average molecular weight is 658 g/mol. The number of hydrogen-bond donors (Lipinski definition) is 0. The van der Waals surface area contributed by atoms with Gasteiger partial charge in [-0.15, -0.1) is 0 Å². The van der Waals surface area contributed by atoms with Crippen LogP contribution in [0.5, 0.6) is 0 Å². The fourth-order valence-electron chi connectivity index (χ4n) is 3.94. The summed E-state index contributed by atoms with van der Waals surface area (Å²) in [7, 11) is 0. The minimum absolute atomic E-state index is 0. The number of hydrogen-bond acceptors (Lipinski definition) is 8. The Morgan fingerprint density at radius 3 is 1.10 bits per heavy atom. The van der Waals surface area contributed by atoms with Crippen LogP contribution in [-0.2, 0) is 41.4 Å². The van der Waals surface area contributed by atoms with E-state index in [1.807, 2.05) is 109 Å². The van der Waals surface area contributed by atoms with E-state index in [0.29, 0.717) is 26.4 Å². The van der Waals surface area contributed by atoms with Gasteiger partial charge < -0.3 is 29.9 Å². The molecule has 0 heterocycles. The first-order valence-electron chi connectivity index (χ1n) is 15.3. The Kier molecular flexibility index (Phi) is 24.8. The van der Waals surface area contributed by atoms with Crippen molar-refractivity contribution in [3.63, 3.8) is 0 Å². The Bertz CT molecular complexity index is 1460. The van der Waals surface area contributed by atoms with Gasteiger partial charge in [0.1, 0.15) is 13.2 Å². The molecule has 49 heavy (non-hydrogen) atoms. The van der Waals surface area contributed by atoms with Crippen LogP contribution in [0.3, 0.4) is 0 Å². The molecule has 0 aliphatic heterocycles. The van der Waals surface area contributed by atoms with Crippen molar-refractivity contribution in [3.05, 3.63) is 143 Å². The summed E-state index contributed by atoms with van der Waals surface area (Å²) in [5.74, 6) is 11.9. The van der Waals surface area contributed by atoms with Crippen LogP contribution in [0.4, 0.5) is 0 Å². The number of carbonyl (C=O) groups is 2. The zero-order chi connectivity index (χ0) is 32.7. The van der Waals surface area contributed by atoms with E-state index in [4.69, 9.17) is 18.9 Å². The first-order valence-corrected chi connectivity index (χ1v) is 15.3. The molecule has 0 unspecified atom stereocenters. The van der Waals surface area contributed by atoms with Crippen LogP contribution in [0, 0.1) is 23.7 Å². The number of benzene rings is 4. The molecule has 0 aromatic heterocycles. The summed E-state index contributed by atoms with van der Waals surface area (Å²) >= 11 is 0. The largest absolute Gasteiger partial charge is 1.00 e. The van der Waals surface area contributed by atoms with E-state index in [1.165, 1.54) is 0 Å². The van der Waals surface area contributed by atoms with Gasteiger partial charge in [-0.05, 0) is 86.3 Å². The Morgan fingerprint density at radius 2 is 0.796 bits per heavy atom. The maximum Gasteiger partial charge on any atom is 1.00 e. The average Bonchev–Trinajstić information content (AvgIpc) is 3.09. The third-order valence-corrected chi connectivity index (χ3v) is 6.28. The molecule has 0 fully saturated rings. The monoisotopic (exact) mass is 657 g/mol. The van der Waals surface area contributed by atoms with Crippen LogP contribution in [0.2, 0.25) is 0 Å². The number of esters is 2. The van der Waals surface area contributed by atoms with Gasteiger partial charge in [0.05, 0.1) is 26.4 Å². The summed E-state index contributed by atoms with van der Waals surface area (Å²) in [4.78, 5) is 22.3. The van der Waals surface area contributed by atoms with Crippen molar-refractivity contribution in [2.45, 2.75) is 26.7 Å². The smallest absolute Gasteiger partial charge is 0.870 e. The Morgan fingerprint density at radius 1 is 0.490 bits per heavy atom. The number of rotatable bonds is 12. The number of carbonyl (C=O) groups excluding carboxylic acids is 2. The van der Waals surface area contributed by atoms with Gasteiger partial charge in [0.2, 0.25) is 0 Å². The Balaban J connectivity index is 0.000000886. The molecule has 4 aromatic rings. The third-order valence-electron chi connectivity index (χ3n) is 6.28. The van der Waals surface area contributed by atoms with Crippen molar-refractivity contribution in [1.29, 1.82) is 0 Å². The van der Waals surface area contributed by atoms with Gasteiger partial charge >= 0.3 is 30.8 Å². The molecule has 0 aliphatic rings. The Labute approximate surface area is 301 Å². The van der Waals surface area contributed by atoms with Gasteiger partial charge in [-0.1, -0.05) is 84.3 Å². The van der Waals surface area contributed by atoms with Crippen molar-refractivity contribution in [2.75, 3.05) is 39.6 Å². The molecule has 0 atom stereocenters. The fraction of sp³-hybridized carbons (Fsp3) is 0.250. The molecule has 0 spiro atoms. The molecular weight excluding hydrogens is 615 g/mol. The second-order valence-corrected chi connectivity index (χ2v) is 9.84. The molecule has 8 nitrogen and oxygen atoms in total. The second-order valence-electron chi connectivity index (χ2n) is 9.84. The third kappa shape index (κ3) is 19.7. The molecule has 0 saturated carbocycles. The van der Waals surface area contributed by atoms with Crippen molar-refractivity contribution in [3.8, 4) is 23.7 Å². The summed E-state index contributed by atoms with van der Waals surface area (Å²) in [5.41, 5.74) is 6.27. The van der Waals surface area contributed by atoms with E-state index in [9.17, 15) is 9.59 Å². The molecule has 0 bridgehead atoms. The number of ether oxygens (including phenoxy) is 4. The first-order chi connectivity index (χ1) is 22.6. The van der Waals surface area contributed by atoms with Crippen molar-refractivity contribution < 1.29 is 58.3 Å². The van der Waals surface area contributed by atoms with E-state index in [-0.39, 0.29) is 55.0 Å². The van der Waals surface area contributed by atoms with Crippen LogP contribution in [0.25, 0.3) is 0 Å². The minimum Gasteiger partial charge on any atom is -0.870 e. The van der Waals surface area contributed by atoms with Crippen LogP contribution in [-0.4, -0.2) is 62.5 Å². The van der Waals surface area contributed by atoms with Crippen LogP contribution in [0.1, 0.15) is 47.2 Å². The molecule has 252 valence electrons. The molecule has 9 heteroatoms. The van der Waals surface area contributed by atoms with Gasteiger partial charge in [-0.3, -0.25) is 0 Å². The van der Waals surface area contributed by atoms with Gasteiger partial charge in [0.25, 0.3) is 0 Å². The maximum atomic E-state index is 11.1. The second kappa shape index (κ2) is 27.3. The van der Waals surface area contributed by atoms with Crippen LogP contribution in [0.15, 0.2) is 109 Å². The zero-order valence-electron chi connectivity index (χ0n) is 28.4. The maximum absolute atomic E-state index is 11.1. The predicted octanol–water partition coefficient (Wildman–Crippen LogP) is 3.07. The van der Waals surface area contributed by atoms with E-state index in [1.54, 1.807) is 13.8 Å². The predicted molar refractivity (Wildman–Crippen MR) is 184 cm³/mol. The van der Waals surface area contributed by atoms with Crippen LogP contribution < -0.4 is 18.9 Å². The molecule has 0 aliphatic carbocycles. The topological polar surface area (TPSA) is 131 Å². The summed E-state index contributed by atoms with van der Waals surface area (Å²) in [5, 5.41) is 0. The van der Waals surface area contributed by atoms with E-state index < -0.39 is 0 Å². The summed E-state index contributed by atoms with van der Waals surface area (Å²) in [6, 6.07) is 35.9. The molecule has 4 aromatic carbocycles. The van der Waals surface area contributed by atoms with Crippen molar-refractivity contribution in [2.24, 2.45) is 0 Å². The molecular formula is C40H42LiO8-. The van der Waals surface area contributed by atoms with Gasteiger partial charge in [-0.25, -0.2) is 9.59 Å². The SMILES string of the molecule is CCOC(=O)COCCc1ccc(C#Cc2ccccc2)cc1.CCOC(=O)COCCc1ccc(C#Cc2ccccc2)cc1.[Li+].[OH-].[OH-]. The normalized spacial score (nSPS) is 9.18. The molecule has 0 saturated heterocycles. The van der Waals surface area contributed by atoms with Gasteiger partial charge in [-0.2, -0.15) is 0 Å². The van der Waals surface area contributed by atoms with Crippen molar-refractivity contribution in [1.82, 2.24) is 0 Å². The van der Waals surface area contributed by atoms with Gasteiger partial charge in [0.15, 0.2) is 0 Å².